The first-order valence-corrected chi connectivity index (χ1v) is 7.65. The Morgan fingerprint density at radius 1 is 1.47 bits per heavy atom. The predicted molar refractivity (Wildman–Crippen MR) is 64.5 cm³/mol. The first kappa shape index (κ1) is 12.7. The van der Waals surface area contributed by atoms with Gasteiger partial charge in [0.2, 0.25) is 9.05 Å². The molecule has 0 amide bonds. The summed E-state index contributed by atoms with van der Waals surface area (Å²) in [6.45, 7) is 1.87. The molecule has 1 aromatic heterocycles. The minimum Gasteiger partial charge on any atom is -0.354 e. The van der Waals surface area contributed by atoms with Gasteiger partial charge in [0.05, 0.1) is 11.4 Å². The number of aryl methyl sites for hydroxylation is 2. The first-order chi connectivity index (χ1) is 6.79. The Hall–Kier alpha value is -0.330. The minimum absolute atomic E-state index is 0.0372. The summed E-state index contributed by atoms with van der Waals surface area (Å²) in [5, 5.41) is 0.884. The molecule has 0 saturated carbocycles. The second-order valence-corrected chi connectivity index (χ2v) is 7.35. The maximum atomic E-state index is 10.8. The third-order valence-corrected chi connectivity index (χ3v) is 4.38. The number of aromatic nitrogens is 1. The van der Waals surface area contributed by atoms with Crippen LogP contribution in [-0.2, 0) is 15.5 Å². The van der Waals surface area contributed by atoms with Gasteiger partial charge in [-0.05, 0) is 13.3 Å². The molecule has 1 aromatic rings. The Morgan fingerprint density at radius 3 is 2.47 bits per heavy atom. The number of halogens is 1. The lowest BCUT2D eigenvalue weighted by molar-refractivity contribution is 0.609. The van der Waals surface area contributed by atoms with Crippen molar-refractivity contribution in [1.82, 2.24) is 4.98 Å². The molecule has 0 spiro atoms. The molecule has 0 aliphatic heterocycles. The van der Waals surface area contributed by atoms with Crippen LogP contribution in [0.3, 0.4) is 0 Å². The molecule has 0 radical (unpaired) electrons. The van der Waals surface area contributed by atoms with Gasteiger partial charge in [-0.3, -0.25) is 0 Å². The molecule has 0 aromatic carbocycles. The normalized spacial score (nSPS) is 11.7. The standard InChI is InChI=1S/C8H13ClN2O2S2/c1-6-7(4-5-15(9,12)13)14-8(10-6)11(2)3/h4-5H2,1-3H3. The van der Waals surface area contributed by atoms with Crippen LogP contribution in [0.4, 0.5) is 5.13 Å². The summed E-state index contributed by atoms with van der Waals surface area (Å²) in [6.07, 6.45) is 0.434. The van der Waals surface area contributed by atoms with Crippen molar-refractivity contribution in [2.75, 3.05) is 24.7 Å². The SMILES string of the molecule is Cc1nc(N(C)C)sc1CCS(=O)(=O)Cl. The van der Waals surface area contributed by atoms with Crippen LogP contribution in [0.1, 0.15) is 10.6 Å². The average molecular weight is 269 g/mol. The second-order valence-electron chi connectivity index (χ2n) is 3.39. The van der Waals surface area contributed by atoms with Crippen molar-refractivity contribution in [1.29, 1.82) is 0 Å². The summed E-state index contributed by atoms with van der Waals surface area (Å²) >= 11 is 1.50. The van der Waals surface area contributed by atoms with Gasteiger partial charge in [-0.1, -0.05) is 0 Å². The van der Waals surface area contributed by atoms with E-state index in [9.17, 15) is 8.42 Å². The Morgan fingerprint density at radius 2 is 2.07 bits per heavy atom. The van der Waals surface area contributed by atoms with Gasteiger partial charge in [0.25, 0.3) is 0 Å². The minimum atomic E-state index is -3.41. The van der Waals surface area contributed by atoms with Gasteiger partial charge in [0.15, 0.2) is 5.13 Å². The van der Waals surface area contributed by atoms with Crippen molar-refractivity contribution in [2.45, 2.75) is 13.3 Å². The van der Waals surface area contributed by atoms with Gasteiger partial charge in [0, 0.05) is 29.7 Å². The fraction of sp³-hybridized carbons (Fsp3) is 0.625. The molecule has 4 nitrogen and oxygen atoms in total. The van der Waals surface area contributed by atoms with Crippen molar-refractivity contribution in [3.8, 4) is 0 Å². The van der Waals surface area contributed by atoms with E-state index in [1.165, 1.54) is 11.3 Å². The highest BCUT2D eigenvalue weighted by Crippen LogP contribution is 2.25. The summed E-state index contributed by atoms with van der Waals surface area (Å²) < 4.78 is 21.6. The molecular weight excluding hydrogens is 256 g/mol. The van der Waals surface area contributed by atoms with Crippen LogP contribution in [0.2, 0.25) is 0 Å². The monoisotopic (exact) mass is 268 g/mol. The molecular formula is C8H13ClN2O2S2. The van der Waals surface area contributed by atoms with Crippen LogP contribution in [0.5, 0.6) is 0 Å². The van der Waals surface area contributed by atoms with Crippen molar-refractivity contribution >= 4 is 36.2 Å². The van der Waals surface area contributed by atoms with E-state index >= 15 is 0 Å². The van der Waals surface area contributed by atoms with Gasteiger partial charge < -0.3 is 4.90 Å². The lowest BCUT2D eigenvalue weighted by Gasteiger charge is -2.05. The molecule has 0 fully saturated rings. The average Bonchev–Trinajstić information content (AvgIpc) is 2.42. The van der Waals surface area contributed by atoms with E-state index in [4.69, 9.17) is 10.7 Å². The molecule has 0 bridgehead atoms. The first-order valence-electron chi connectivity index (χ1n) is 4.35. The molecule has 0 unspecified atom stereocenters. The van der Waals surface area contributed by atoms with Crippen LogP contribution in [0.15, 0.2) is 0 Å². The summed E-state index contributed by atoms with van der Waals surface area (Å²) in [6, 6.07) is 0. The Balaban J connectivity index is 2.78. The van der Waals surface area contributed by atoms with Crippen LogP contribution in [0.25, 0.3) is 0 Å². The largest absolute Gasteiger partial charge is 0.354 e. The quantitative estimate of drug-likeness (QED) is 0.779. The lowest BCUT2D eigenvalue weighted by Crippen LogP contribution is -2.07. The third-order valence-electron chi connectivity index (χ3n) is 1.84. The maximum absolute atomic E-state index is 10.8. The maximum Gasteiger partial charge on any atom is 0.232 e. The van der Waals surface area contributed by atoms with Gasteiger partial charge in [-0.15, -0.1) is 11.3 Å². The van der Waals surface area contributed by atoms with Crippen molar-refractivity contribution in [2.24, 2.45) is 0 Å². The van der Waals surface area contributed by atoms with Crippen LogP contribution in [0, 0.1) is 6.92 Å². The number of hydrogen-bond donors (Lipinski definition) is 0. The van der Waals surface area contributed by atoms with Crippen molar-refractivity contribution < 1.29 is 8.42 Å². The second kappa shape index (κ2) is 4.67. The topological polar surface area (TPSA) is 50.3 Å². The molecule has 15 heavy (non-hydrogen) atoms. The number of rotatable bonds is 4. The molecule has 0 atom stereocenters. The molecule has 0 N–H and O–H groups in total. The van der Waals surface area contributed by atoms with Crippen molar-refractivity contribution in [3.63, 3.8) is 0 Å². The zero-order chi connectivity index (χ0) is 11.6. The van der Waals surface area contributed by atoms with Crippen LogP contribution < -0.4 is 4.90 Å². The van der Waals surface area contributed by atoms with E-state index in [-0.39, 0.29) is 5.75 Å². The molecule has 7 heteroatoms. The molecule has 0 aliphatic carbocycles. The number of hydrogen-bond acceptors (Lipinski definition) is 5. The number of nitrogens with zero attached hydrogens (tertiary/aromatic N) is 2. The number of anilines is 1. The molecule has 0 aliphatic rings. The zero-order valence-electron chi connectivity index (χ0n) is 8.82. The molecule has 1 heterocycles. The number of thiazole rings is 1. The lowest BCUT2D eigenvalue weighted by atomic mass is 10.3. The van der Waals surface area contributed by atoms with Gasteiger partial charge in [-0.2, -0.15) is 0 Å². The summed E-state index contributed by atoms with van der Waals surface area (Å²) in [4.78, 5) is 7.19. The van der Waals surface area contributed by atoms with Crippen LogP contribution >= 0.6 is 22.0 Å². The fourth-order valence-corrected chi connectivity index (χ4v) is 2.84. The summed E-state index contributed by atoms with van der Waals surface area (Å²) in [5.74, 6) is -0.0372. The van der Waals surface area contributed by atoms with E-state index in [1.54, 1.807) is 0 Å². The van der Waals surface area contributed by atoms with E-state index in [0.717, 1.165) is 15.7 Å². The highest BCUT2D eigenvalue weighted by molar-refractivity contribution is 8.13. The van der Waals surface area contributed by atoms with E-state index in [2.05, 4.69) is 4.98 Å². The van der Waals surface area contributed by atoms with E-state index < -0.39 is 9.05 Å². The molecule has 0 saturated heterocycles. The third kappa shape index (κ3) is 3.96. The highest BCUT2D eigenvalue weighted by Gasteiger charge is 2.12. The summed E-state index contributed by atoms with van der Waals surface area (Å²) in [5.41, 5.74) is 0.879. The molecule has 86 valence electrons. The Labute approximate surface area is 98.3 Å². The summed E-state index contributed by atoms with van der Waals surface area (Å²) in [7, 11) is 5.54. The van der Waals surface area contributed by atoms with Gasteiger partial charge >= 0.3 is 0 Å². The fourth-order valence-electron chi connectivity index (χ4n) is 1.05. The predicted octanol–water partition coefficient (Wildman–Crippen LogP) is 1.63. The smallest absolute Gasteiger partial charge is 0.232 e. The highest BCUT2D eigenvalue weighted by atomic mass is 35.7. The zero-order valence-corrected chi connectivity index (χ0v) is 11.2. The van der Waals surface area contributed by atoms with Gasteiger partial charge in [0.1, 0.15) is 0 Å². The van der Waals surface area contributed by atoms with E-state index in [0.29, 0.717) is 6.42 Å². The van der Waals surface area contributed by atoms with Crippen molar-refractivity contribution in [3.05, 3.63) is 10.6 Å². The molecule has 1 rings (SSSR count). The Kier molecular flexibility index (Phi) is 3.97. The Bertz CT molecular complexity index is 439. The van der Waals surface area contributed by atoms with Gasteiger partial charge in [-0.25, -0.2) is 13.4 Å². The van der Waals surface area contributed by atoms with E-state index in [1.807, 2.05) is 25.9 Å². The van der Waals surface area contributed by atoms with Crippen LogP contribution in [-0.4, -0.2) is 33.2 Å².